The van der Waals surface area contributed by atoms with Crippen LogP contribution in [0.15, 0.2) is 0 Å². The van der Waals surface area contributed by atoms with Crippen LogP contribution >= 0.6 is 0 Å². The molecule has 1 aliphatic rings. The normalized spacial score (nSPS) is 21.4. The molecule has 128 valence electrons. The minimum atomic E-state index is -0.619. The summed E-state index contributed by atoms with van der Waals surface area (Å²) < 4.78 is 5.26. The van der Waals surface area contributed by atoms with E-state index in [1.807, 2.05) is 13.8 Å². The van der Waals surface area contributed by atoms with E-state index in [9.17, 15) is 14.7 Å². The Morgan fingerprint density at radius 1 is 1.41 bits per heavy atom. The highest BCUT2D eigenvalue weighted by Crippen LogP contribution is 2.21. The summed E-state index contributed by atoms with van der Waals surface area (Å²) in [7, 11) is 0. The molecule has 0 aromatic heterocycles. The molecule has 3 atom stereocenters. The van der Waals surface area contributed by atoms with Crippen LogP contribution in [0.1, 0.15) is 53.9 Å². The van der Waals surface area contributed by atoms with E-state index in [2.05, 4.69) is 5.32 Å². The molecule has 0 spiro atoms. The Bertz CT molecular complexity index is 392. The van der Waals surface area contributed by atoms with E-state index >= 15 is 0 Å². The van der Waals surface area contributed by atoms with E-state index in [1.165, 1.54) is 0 Å². The van der Waals surface area contributed by atoms with Crippen molar-refractivity contribution in [1.29, 1.82) is 0 Å². The lowest BCUT2D eigenvalue weighted by Crippen LogP contribution is -2.54. The van der Waals surface area contributed by atoms with Gasteiger partial charge in [-0.05, 0) is 39.5 Å². The molecule has 1 unspecified atom stereocenters. The highest BCUT2D eigenvalue weighted by molar-refractivity contribution is 5.86. The molecule has 0 aliphatic carbocycles. The van der Waals surface area contributed by atoms with Gasteiger partial charge in [0, 0.05) is 6.54 Å². The van der Waals surface area contributed by atoms with Crippen LogP contribution < -0.4 is 5.32 Å². The molecule has 1 saturated heterocycles. The van der Waals surface area contributed by atoms with Crippen molar-refractivity contribution in [3.05, 3.63) is 0 Å². The van der Waals surface area contributed by atoms with Crippen molar-refractivity contribution in [2.45, 2.75) is 71.6 Å². The average Bonchev–Trinajstić information content (AvgIpc) is 2.89. The Hall–Kier alpha value is -1.30. The number of alkyl carbamates (subject to hydrolysis) is 1. The van der Waals surface area contributed by atoms with Gasteiger partial charge in [0.05, 0.1) is 12.6 Å². The predicted molar refractivity (Wildman–Crippen MR) is 84.4 cm³/mol. The predicted octanol–water partition coefficient (Wildman–Crippen LogP) is 1.91. The smallest absolute Gasteiger partial charge is 0.408 e. The van der Waals surface area contributed by atoms with Gasteiger partial charge in [-0.25, -0.2) is 4.79 Å². The molecule has 2 amide bonds. The van der Waals surface area contributed by atoms with Gasteiger partial charge in [-0.15, -0.1) is 0 Å². The third-order valence-electron chi connectivity index (χ3n) is 4.02. The minimum absolute atomic E-state index is 0.0000359. The van der Waals surface area contributed by atoms with E-state index in [-0.39, 0.29) is 24.5 Å². The van der Waals surface area contributed by atoms with Gasteiger partial charge in [-0.3, -0.25) is 4.79 Å². The third-order valence-corrected chi connectivity index (χ3v) is 4.02. The van der Waals surface area contributed by atoms with Crippen LogP contribution in [0.3, 0.4) is 0 Å². The van der Waals surface area contributed by atoms with Gasteiger partial charge in [0.25, 0.3) is 0 Å². The number of hydrogen-bond acceptors (Lipinski definition) is 4. The number of amides is 2. The zero-order chi connectivity index (χ0) is 16.9. The number of likely N-dealkylation sites (tertiary alicyclic amines) is 1. The quantitative estimate of drug-likeness (QED) is 0.812. The SMILES string of the molecule is CCC(C)[C@H](NC(=O)OC(C)(C)C)C(=O)N1CCC[C@H]1CO. The fourth-order valence-corrected chi connectivity index (χ4v) is 2.61. The fraction of sp³-hybridized carbons (Fsp3) is 0.875. The maximum Gasteiger partial charge on any atom is 0.408 e. The van der Waals surface area contributed by atoms with Crippen LogP contribution in [-0.2, 0) is 9.53 Å². The van der Waals surface area contributed by atoms with Crippen molar-refractivity contribution in [3.63, 3.8) is 0 Å². The fourth-order valence-electron chi connectivity index (χ4n) is 2.61. The van der Waals surface area contributed by atoms with Gasteiger partial charge in [-0.2, -0.15) is 0 Å². The van der Waals surface area contributed by atoms with E-state index < -0.39 is 17.7 Å². The number of nitrogens with one attached hydrogen (secondary N) is 1. The van der Waals surface area contributed by atoms with Gasteiger partial charge < -0.3 is 20.1 Å². The summed E-state index contributed by atoms with van der Waals surface area (Å²) in [4.78, 5) is 26.5. The number of carbonyl (C=O) groups is 2. The van der Waals surface area contributed by atoms with Gasteiger partial charge in [0.15, 0.2) is 0 Å². The lowest BCUT2D eigenvalue weighted by atomic mass is 9.97. The average molecular weight is 314 g/mol. The number of hydrogen-bond donors (Lipinski definition) is 2. The molecule has 1 rings (SSSR count). The first kappa shape index (κ1) is 18.7. The zero-order valence-corrected chi connectivity index (χ0v) is 14.4. The Kier molecular flexibility index (Phi) is 6.66. The van der Waals surface area contributed by atoms with Crippen molar-refractivity contribution in [2.24, 2.45) is 5.92 Å². The number of rotatable bonds is 5. The van der Waals surface area contributed by atoms with Gasteiger partial charge >= 0.3 is 6.09 Å². The van der Waals surface area contributed by atoms with Crippen LogP contribution in [0.2, 0.25) is 0 Å². The van der Waals surface area contributed by atoms with Gasteiger partial charge in [0.1, 0.15) is 11.6 Å². The van der Waals surface area contributed by atoms with Crippen LogP contribution in [0.25, 0.3) is 0 Å². The van der Waals surface area contributed by atoms with Gasteiger partial charge in [-0.1, -0.05) is 20.3 Å². The summed E-state index contributed by atoms with van der Waals surface area (Å²) in [6.45, 7) is 9.87. The van der Waals surface area contributed by atoms with Crippen LogP contribution in [0.4, 0.5) is 4.79 Å². The van der Waals surface area contributed by atoms with E-state index in [4.69, 9.17) is 4.74 Å². The first-order valence-corrected chi connectivity index (χ1v) is 8.10. The largest absolute Gasteiger partial charge is 0.444 e. The molecule has 1 aliphatic heterocycles. The highest BCUT2D eigenvalue weighted by atomic mass is 16.6. The summed E-state index contributed by atoms with van der Waals surface area (Å²) in [6, 6.07) is -0.758. The topological polar surface area (TPSA) is 78.9 Å². The Labute approximate surface area is 133 Å². The molecule has 22 heavy (non-hydrogen) atoms. The zero-order valence-electron chi connectivity index (χ0n) is 14.4. The summed E-state index contributed by atoms with van der Waals surface area (Å²) in [5.74, 6) is -0.128. The second kappa shape index (κ2) is 7.81. The van der Waals surface area contributed by atoms with Crippen LogP contribution in [0.5, 0.6) is 0 Å². The molecular formula is C16H30N2O4. The maximum atomic E-state index is 12.8. The molecule has 0 bridgehead atoms. The Morgan fingerprint density at radius 2 is 2.05 bits per heavy atom. The molecular weight excluding hydrogens is 284 g/mol. The highest BCUT2D eigenvalue weighted by Gasteiger charge is 2.36. The second-order valence-electron chi connectivity index (χ2n) is 7.02. The Morgan fingerprint density at radius 3 is 2.55 bits per heavy atom. The molecule has 6 nitrogen and oxygen atoms in total. The van der Waals surface area contributed by atoms with E-state index in [0.29, 0.717) is 6.54 Å². The molecule has 0 aromatic carbocycles. The summed E-state index contributed by atoms with van der Waals surface area (Å²) in [5, 5.41) is 12.1. The molecule has 0 aromatic rings. The molecule has 2 N–H and O–H groups in total. The molecule has 0 saturated carbocycles. The lowest BCUT2D eigenvalue weighted by Gasteiger charge is -2.31. The molecule has 6 heteroatoms. The molecule has 0 radical (unpaired) electrons. The number of ether oxygens (including phenoxy) is 1. The summed E-state index contributed by atoms with van der Waals surface area (Å²) >= 11 is 0. The van der Waals surface area contributed by atoms with Crippen molar-refractivity contribution < 1.29 is 19.4 Å². The van der Waals surface area contributed by atoms with E-state index in [1.54, 1.807) is 25.7 Å². The number of aliphatic hydroxyl groups excluding tert-OH is 1. The van der Waals surface area contributed by atoms with E-state index in [0.717, 1.165) is 19.3 Å². The number of carbonyl (C=O) groups excluding carboxylic acids is 2. The monoisotopic (exact) mass is 314 g/mol. The number of aliphatic hydroxyl groups is 1. The first-order chi connectivity index (χ1) is 10.2. The lowest BCUT2D eigenvalue weighted by molar-refractivity contribution is -0.136. The molecule has 1 fully saturated rings. The standard InChI is InChI=1S/C16H30N2O4/c1-6-11(2)13(17-15(21)22-16(3,4)5)14(20)18-9-7-8-12(18)10-19/h11-13,19H,6-10H2,1-5H3,(H,17,21)/t11?,12-,13-/m0/s1. The van der Waals surface area contributed by atoms with Crippen LogP contribution in [0, 0.1) is 5.92 Å². The van der Waals surface area contributed by atoms with Crippen molar-refractivity contribution >= 4 is 12.0 Å². The third kappa shape index (κ3) is 5.16. The number of nitrogens with zero attached hydrogens (tertiary/aromatic N) is 1. The second-order valence-corrected chi connectivity index (χ2v) is 7.02. The molecule has 1 heterocycles. The van der Waals surface area contributed by atoms with Crippen LogP contribution in [-0.4, -0.2) is 52.8 Å². The first-order valence-electron chi connectivity index (χ1n) is 8.10. The van der Waals surface area contributed by atoms with Gasteiger partial charge in [0.2, 0.25) is 5.91 Å². The van der Waals surface area contributed by atoms with Crippen molar-refractivity contribution in [3.8, 4) is 0 Å². The van der Waals surface area contributed by atoms with Crippen molar-refractivity contribution in [1.82, 2.24) is 10.2 Å². The summed E-state index contributed by atoms with van der Waals surface area (Å²) in [5.41, 5.74) is -0.603. The Balaban J connectivity index is 2.80. The summed E-state index contributed by atoms with van der Waals surface area (Å²) in [6.07, 6.45) is 1.88. The minimum Gasteiger partial charge on any atom is -0.444 e. The van der Waals surface area contributed by atoms with Crippen molar-refractivity contribution in [2.75, 3.05) is 13.2 Å². The maximum absolute atomic E-state index is 12.8.